The van der Waals surface area contributed by atoms with Gasteiger partial charge < -0.3 is 10.1 Å². The van der Waals surface area contributed by atoms with E-state index in [1.54, 1.807) is 18.2 Å². The summed E-state index contributed by atoms with van der Waals surface area (Å²) in [4.78, 5) is 22.8. The Balaban J connectivity index is 2.05. The van der Waals surface area contributed by atoms with Crippen molar-refractivity contribution in [2.24, 2.45) is 0 Å². The zero-order chi connectivity index (χ0) is 12.3. The van der Waals surface area contributed by atoms with Crippen molar-refractivity contribution in [1.29, 1.82) is 0 Å². The first-order chi connectivity index (χ1) is 8.20. The Kier molecular flexibility index (Phi) is 3.24. The van der Waals surface area contributed by atoms with Crippen LogP contribution in [0.15, 0.2) is 24.3 Å². The molecule has 0 bridgehead atoms. The Hall–Kier alpha value is -2.08. The Morgan fingerprint density at radius 3 is 2.88 bits per heavy atom. The van der Waals surface area contributed by atoms with Gasteiger partial charge in [0.2, 0.25) is 11.8 Å². The SMILES string of the molecule is COc1ccccc1NC(=O)C1CC(=O)NN1. The van der Waals surface area contributed by atoms with Gasteiger partial charge in [-0.2, -0.15) is 0 Å². The largest absolute Gasteiger partial charge is 0.495 e. The summed E-state index contributed by atoms with van der Waals surface area (Å²) in [6, 6.07) is 6.55. The normalized spacial score (nSPS) is 18.6. The quantitative estimate of drug-likeness (QED) is 0.690. The standard InChI is InChI=1S/C11H13N3O3/c1-17-9-5-3-2-4-7(9)12-11(16)8-6-10(15)14-13-8/h2-5,8,13H,6H2,1H3,(H,12,16)(H,14,15). The van der Waals surface area contributed by atoms with Crippen molar-refractivity contribution in [1.82, 2.24) is 10.9 Å². The zero-order valence-electron chi connectivity index (χ0n) is 9.32. The van der Waals surface area contributed by atoms with E-state index in [0.29, 0.717) is 11.4 Å². The van der Waals surface area contributed by atoms with E-state index < -0.39 is 6.04 Å². The van der Waals surface area contributed by atoms with Crippen LogP contribution in [0.2, 0.25) is 0 Å². The van der Waals surface area contributed by atoms with Gasteiger partial charge in [0.15, 0.2) is 0 Å². The van der Waals surface area contributed by atoms with Crippen molar-refractivity contribution in [3.05, 3.63) is 24.3 Å². The number of ether oxygens (including phenoxy) is 1. The summed E-state index contributed by atoms with van der Waals surface area (Å²) in [5.74, 6) is 0.121. The van der Waals surface area contributed by atoms with Crippen molar-refractivity contribution in [2.75, 3.05) is 12.4 Å². The van der Waals surface area contributed by atoms with Gasteiger partial charge in [-0.25, -0.2) is 5.43 Å². The molecule has 0 saturated carbocycles. The van der Waals surface area contributed by atoms with Crippen LogP contribution >= 0.6 is 0 Å². The third kappa shape index (κ3) is 2.54. The molecule has 1 aliphatic rings. The molecule has 0 spiro atoms. The number of hydrazine groups is 1. The van der Waals surface area contributed by atoms with E-state index in [4.69, 9.17) is 4.74 Å². The molecule has 6 nitrogen and oxygen atoms in total. The second-order valence-electron chi connectivity index (χ2n) is 3.64. The summed E-state index contributed by atoms with van der Waals surface area (Å²) in [6.07, 6.45) is 0.140. The molecule has 1 saturated heterocycles. The number of carbonyl (C=O) groups is 2. The smallest absolute Gasteiger partial charge is 0.243 e. The van der Waals surface area contributed by atoms with Crippen LogP contribution in [0, 0.1) is 0 Å². The maximum atomic E-state index is 11.8. The van der Waals surface area contributed by atoms with Gasteiger partial charge in [0.25, 0.3) is 0 Å². The molecule has 1 unspecified atom stereocenters. The lowest BCUT2D eigenvalue weighted by Gasteiger charge is -2.12. The Morgan fingerprint density at radius 1 is 1.47 bits per heavy atom. The fourth-order valence-electron chi connectivity index (χ4n) is 1.58. The van der Waals surface area contributed by atoms with Crippen molar-refractivity contribution in [3.63, 3.8) is 0 Å². The second kappa shape index (κ2) is 4.84. The zero-order valence-corrected chi connectivity index (χ0v) is 9.32. The maximum absolute atomic E-state index is 11.8. The molecular formula is C11H13N3O3. The van der Waals surface area contributed by atoms with Crippen molar-refractivity contribution in [2.45, 2.75) is 12.5 Å². The average Bonchev–Trinajstić information content (AvgIpc) is 2.77. The number of rotatable bonds is 3. The number of anilines is 1. The minimum absolute atomic E-state index is 0.140. The van der Waals surface area contributed by atoms with Gasteiger partial charge in [0, 0.05) is 0 Å². The molecule has 0 radical (unpaired) electrons. The van der Waals surface area contributed by atoms with E-state index in [-0.39, 0.29) is 18.2 Å². The summed E-state index contributed by atoms with van der Waals surface area (Å²) < 4.78 is 5.11. The minimum Gasteiger partial charge on any atom is -0.495 e. The van der Waals surface area contributed by atoms with Gasteiger partial charge >= 0.3 is 0 Å². The third-order valence-corrected chi connectivity index (χ3v) is 2.46. The number of benzene rings is 1. The van der Waals surface area contributed by atoms with Crippen molar-refractivity contribution < 1.29 is 14.3 Å². The number of hydrogen-bond donors (Lipinski definition) is 3. The molecule has 2 rings (SSSR count). The fourth-order valence-corrected chi connectivity index (χ4v) is 1.58. The predicted molar refractivity (Wildman–Crippen MR) is 61.3 cm³/mol. The number of hydrogen-bond acceptors (Lipinski definition) is 4. The van der Waals surface area contributed by atoms with Gasteiger partial charge in [-0.3, -0.25) is 15.0 Å². The predicted octanol–water partition coefficient (Wildman–Crippen LogP) is 0.0268. The first-order valence-electron chi connectivity index (χ1n) is 5.19. The highest BCUT2D eigenvalue weighted by molar-refractivity contribution is 5.99. The second-order valence-corrected chi connectivity index (χ2v) is 3.64. The highest BCUT2D eigenvalue weighted by Crippen LogP contribution is 2.23. The Bertz CT molecular complexity index is 447. The molecule has 1 fully saturated rings. The van der Waals surface area contributed by atoms with Crippen LogP contribution in [0.1, 0.15) is 6.42 Å². The Morgan fingerprint density at radius 2 is 2.24 bits per heavy atom. The molecule has 1 heterocycles. The molecule has 6 heteroatoms. The molecule has 17 heavy (non-hydrogen) atoms. The van der Waals surface area contributed by atoms with Gasteiger partial charge in [-0.1, -0.05) is 12.1 Å². The molecule has 2 amide bonds. The van der Waals surface area contributed by atoms with Gasteiger partial charge in [0.1, 0.15) is 11.8 Å². The lowest BCUT2D eigenvalue weighted by atomic mass is 10.2. The number of amides is 2. The topological polar surface area (TPSA) is 79.5 Å². The van der Waals surface area contributed by atoms with E-state index in [0.717, 1.165) is 0 Å². The molecule has 1 aromatic rings. The summed E-state index contributed by atoms with van der Waals surface area (Å²) in [5, 5.41) is 2.71. The summed E-state index contributed by atoms with van der Waals surface area (Å²) in [5.41, 5.74) is 5.58. The molecule has 0 aliphatic carbocycles. The van der Waals surface area contributed by atoms with Crippen LogP contribution < -0.4 is 20.9 Å². The van der Waals surface area contributed by atoms with Crippen molar-refractivity contribution >= 4 is 17.5 Å². The van der Waals surface area contributed by atoms with E-state index >= 15 is 0 Å². The van der Waals surface area contributed by atoms with E-state index in [1.807, 2.05) is 6.07 Å². The molecule has 0 aromatic heterocycles. The van der Waals surface area contributed by atoms with Gasteiger partial charge in [-0.05, 0) is 12.1 Å². The third-order valence-electron chi connectivity index (χ3n) is 2.46. The monoisotopic (exact) mass is 235 g/mol. The van der Waals surface area contributed by atoms with E-state index in [2.05, 4.69) is 16.2 Å². The van der Waals surface area contributed by atoms with Crippen LogP contribution in [-0.4, -0.2) is 25.0 Å². The first-order valence-corrected chi connectivity index (χ1v) is 5.19. The molecule has 1 atom stereocenters. The summed E-state index contributed by atoms with van der Waals surface area (Å²) >= 11 is 0. The lowest BCUT2D eigenvalue weighted by Crippen LogP contribution is -2.39. The highest BCUT2D eigenvalue weighted by atomic mass is 16.5. The summed E-state index contributed by atoms with van der Waals surface area (Å²) in [6.45, 7) is 0. The highest BCUT2D eigenvalue weighted by Gasteiger charge is 2.27. The summed E-state index contributed by atoms with van der Waals surface area (Å²) in [7, 11) is 1.53. The maximum Gasteiger partial charge on any atom is 0.243 e. The fraction of sp³-hybridized carbons (Fsp3) is 0.273. The number of nitrogens with one attached hydrogen (secondary N) is 3. The lowest BCUT2D eigenvalue weighted by molar-refractivity contribution is -0.121. The number of carbonyl (C=O) groups excluding carboxylic acids is 2. The van der Waals surface area contributed by atoms with Crippen LogP contribution in [0.25, 0.3) is 0 Å². The molecule has 1 aliphatic heterocycles. The van der Waals surface area contributed by atoms with Gasteiger partial charge in [0.05, 0.1) is 19.2 Å². The molecular weight excluding hydrogens is 222 g/mol. The van der Waals surface area contributed by atoms with E-state index in [9.17, 15) is 9.59 Å². The van der Waals surface area contributed by atoms with Gasteiger partial charge in [-0.15, -0.1) is 0 Å². The number of methoxy groups -OCH3 is 1. The van der Waals surface area contributed by atoms with E-state index in [1.165, 1.54) is 7.11 Å². The van der Waals surface area contributed by atoms with Crippen LogP contribution in [0.3, 0.4) is 0 Å². The molecule has 90 valence electrons. The van der Waals surface area contributed by atoms with Crippen LogP contribution in [0.4, 0.5) is 5.69 Å². The Labute approximate surface area is 98.3 Å². The average molecular weight is 235 g/mol. The molecule has 3 N–H and O–H groups in total. The van der Waals surface area contributed by atoms with Crippen LogP contribution in [0.5, 0.6) is 5.75 Å². The number of para-hydroxylation sites is 2. The van der Waals surface area contributed by atoms with Crippen LogP contribution in [-0.2, 0) is 9.59 Å². The molecule has 1 aromatic carbocycles. The first kappa shape index (κ1) is 11.4. The minimum atomic E-state index is -0.549. The van der Waals surface area contributed by atoms with Crippen molar-refractivity contribution in [3.8, 4) is 5.75 Å².